The summed E-state index contributed by atoms with van der Waals surface area (Å²) in [5, 5.41) is 12.3. The van der Waals surface area contributed by atoms with Crippen LogP contribution < -0.4 is 19.5 Å². The zero-order chi connectivity index (χ0) is 32.9. The Morgan fingerprint density at radius 3 is 1.93 bits per heavy atom. The van der Waals surface area contributed by atoms with Crippen molar-refractivity contribution in [2.75, 3.05) is 25.6 Å². The van der Waals surface area contributed by atoms with Crippen molar-refractivity contribution in [2.24, 2.45) is 0 Å². The second-order valence-corrected chi connectivity index (χ2v) is 10.5. The predicted octanol–water partition coefficient (Wildman–Crippen LogP) is 6.00. The SMILES string of the molecule is CCCCOc1ccc(C(=O)Oc2ccc(CN(CC(=O)O)C(=O)c3ccc(NC(=O)Cc4ccc(OC)cc4)cc3)cc2)cc1. The van der Waals surface area contributed by atoms with Gasteiger partial charge in [0.1, 0.15) is 23.8 Å². The lowest BCUT2D eigenvalue weighted by Gasteiger charge is -2.21. The van der Waals surface area contributed by atoms with E-state index < -0.39 is 24.4 Å². The third kappa shape index (κ3) is 9.95. The molecule has 2 amide bonds. The molecule has 4 rings (SSSR count). The molecule has 0 aliphatic carbocycles. The lowest BCUT2D eigenvalue weighted by Crippen LogP contribution is -2.35. The number of benzene rings is 4. The van der Waals surface area contributed by atoms with Crippen molar-refractivity contribution in [1.82, 2.24) is 4.90 Å². The number of nitrogens with zero attached hydrogens (tertiary/aromatic N) is 1. The molecule has 0 saturated heterocycles. The minimum absolute atomic E-state index is 0.0131. The Balaban J connectivity index is 1.33. The van der Waals surface area contributed by atoms with Gasteiger partial charge in [-0.3, -0.25) is 14.4 Å². The van der Waals surface area contributed by atoms with Gasteiger partial charge in [-0.25, -0.2) is 4.79 Å². The van der Waals surface area contributed by atoms with Crippen molar-refractivity contribution < 1.29 is 38.5 Å². The fraction of sp³-hybridized carbons (Fsp3) is 0.222. The normalized spacial score (nSPS) is 10.5. The molecule has 0 spiro atoms. The average Bonchev–Trinajstić information content (AvgIpc) is 3.06. The van der Waals surface area contributed by atoms with Gasteiger partial charge in [0.25, 0.3) is 5.91 Å². The Hall–Kier alpha value is -5.64. The highest BCUT2D eigenvalue weighted by molar-refractivity contribution is 5.97. The van der Waals surface area contributed by atoms with E-state index in [0.29, 0.717) is 40.7 Å². The summed E-state index contributed by atoms with van der Waals surface area (Å²) in [4.78, 5) is 51.1. The molecule has 0 unspecified atom stereocenters. The minimum atomic E-state index is -1.16. The van der Waals surface area contributed by atoms with E-state index in [1.807, 2.05) is 12.1 Å². The molecule has 0 fully saturated rings. The molecule has 4 aromatic rings. The van der Waals surface area contributed by atoms with Gasteiger partial charge < -0.3 is 29.5 Å². The lowest BCUT2D eigenvalue weighted by molar-refractivity contribution is -0.137. The number of nitrogens with one attached hydrogen (secondary N) is 1. The average molecular weight is 625 g/mol. The van der Waals surface area contributed by atoms with Crippen LogP contribution in [0, 0.1) is 0 Å². The van der Waals surface area contributed by atoms with E-state index in [1.54, 1.807) is 79.9 Å². The first kappa shape index (κ1) is 33.3. The first-order valence-electron chi connectivity index (χ1n) is 14.8. The number of ether oxygens (including phenoxy) is 3. The van der Waals surface area contributed by atoms with Gasteiger partial charge in [0.2, 0.25) is 5.91 Å². The lowest BCUT2D eigenvalue weighted by atomic mass is 10.1. The fourth-order valence-corrected chi connectivity index (χ4v) is 4.45. The molecule has 0 aliphatic heterocycles. The maximum atomic E-state index is 13.3. The second kappa shape index (κ2) is 16.4. The molecule has 0 bridgehead atoms. The van der Waals surface area contributed by atoms with Crippen LogP contribution in [0.3, 0.4) is 0 Å². The summed E-state index contributed by atoms with van der Waals surface area (Å²) in [5.74, 6) is -0.729. The summed E-state index contributed by atoms with van der Waals surface area (Å²) >= 11 is 0. The number of methoxy groups -OCH3 is 1. The standard InChI is InChI=1S/C36H36N2O8/c1-3-4-21-45-31-19-11-28(12-20-31)36(43)46-32-17-7-26(8-18-32)23-38(24-34(40)41)35(42)27-9-13-29(14-10-27)37-33(39)22-25-5-15-30(44-2)16-6-25/h5-20H,3-4,21-24H2,1-2H3,(H,37,39)(H,40,41). The number of amides is 2. The van der Waals surface area contributed by atoms with Gasteiger partial charge in [0.05, 0.1) is 25.7 Å². The largest absolute Gasteiger partial charge is 0.497 e. The summed E-state index contributed by atoms with van der Waals surface area (Å²) in [6.07, 6.45) is 2.14. The van der Waals surface area contributed by atoms with E-state index in [0.717, 1.165) is 18.4 Å². The Bertz CT molecular complexity index is 1620. The number of carbonyl (C=O) groups is 4. The molecule has 238 valence electrons. The quantitative estimate of drug-likeness (QED) is 0.0935. The van der Waals surface area contributed by atoms with Crippen LogP contribution in [0.1, 0.15) is 51.6 Å². The van der Waals surface area contributed by atoms with Crippen LogP contribution >= 0.6 is 0 Å². The molecule has 0 aromatic heterocycles. The number of carbonyl (C=O) groups excluding carboxylic acids is 3. The molecular formula is C36H36N2O8. The van der Waals surface area contributed by atoms with Crippen LogP contribution in [0.25, 0.3) is 0 Å². The van der Waals surface area contributed by atoms with Crippen LogP contribution in [0.15, 0.2) is 97.1 Å². The molecule has 0 saturated carbocycles. The zero-order valence-corrected chi connectivity index (χ0v) is 25.7. The Kier molecular flexibility index (Phi) is 11.9. The van der Waals surface area contributed by atoms with Gasteiger partial charge in [-0.15, -0.1) is 0 Å². The van der Waals surface area contributed by atoms with E-state index in [-0.39, 0.29) is 24.4 Å². The molecule has 4 aromatic carbocycles. The van der Waals surface area contributed by atoms with Crippen LogP contribution in [-0.2, 0) is 22.6 Å². The molecular weight excluding hydrogens is 588 g/mol. The van der Waals surface area contributed by atoms with Crippen molar-refractivity contribution in [3.8, 4) is 17.2 Å². The number of carboxylic acids is 1. The number of anilines is 1. The topological polar surface area (TPSA) is 131 Å². The van der Waals surface area contributed by atoms with E-state index >= 15 is 0 Å². The highest BCUT2D eigenvalue weighted by Crippen LogP contribution is 2.20. The minimum Gasteiger partial charge on any atom is -0.497 e. The van der Waals surface area contributed by atoms with Gasteiger partial charge in [0.15, 0.2) is 0 Å². The molecule has 0 atom stereocenters. The van der Waals surface area contributed by atoms with E-state index in [2.05, 4.69) is 12.2 Å². The number of hydrogen-bond acceptors (Lipinski definition) is 7. The number of carboxylic acid groups (broad SMARTS) is 1. The van der Waals surface area contributed by atoms with Crippen molar-refractivity contribution in [2.45, 2.75) is 32.7 Å². The van der Waals surface area contributed by atoms with Crippen molar-refractivity contribution in [1.29, 1.82) is 0 Å². The molecule has 10 nitrogen and oxygen atoms in total. The Morgan fingerprint density at radius 1 is 0.739 bits per heavy atom. The number of esters is 1. The third-order valence-electron chi connectivity index (χ3n) is 6.92. The van der Waals surface area contributed by atoms with Gasteiger partial charge in [0, 0.05) is 17.8 Å². The zero-order valence-electron chi connectivity index (χ0n) is 25.7. The van der Waals surface area contributed by atoms with Gasteiger partial charge in [-0.05, 0) is 90.3 Å². The summed E-state index contributed by atoms with van der Waals surface area (Å²) in [5.41, 5.74) is 2.60. The molecule has 10 heteroatoms. The van der Waals surface area contributed by atoms with Gasteiger partial charge in [-0.2, -0.15) is 0 Å². The monoisotopic (exact) mass is 624 g/mol. The van der Waals surface area contributed by atoms with Gasteiger partial charge in [-0.1, -0.05) is 37.6 Å². The maximum absolute atomic E-state index is 13.3. The first-order valence-corrected chi connectivity index (χ1v) is 14.8. The number of aliphatic carboxylic acids is 1. The van der Waals surface area contributed by atoms with Crippen LogP contribution in [-0.4, -0.2) is 54.0 Å². The number of rotatable bonds is 15. The highest BCUT2D eigenvalue weighted by atomic mass is 16.5. The smallest absolute Gasteiger partial charge is 0.343 e. The van der Waals surface area contributed by atoms with Crippen LogP contribution in [0.4, 0.5) is 5.69 Å². The molecule has 2 N–H and O–H groups in total. The molecule has 0 radical (unpaired) electrons. The Morgan fingerprint density at radius 2 is 1.33 bits per heavy atom. The first-order chi connectivity index (χ1) is 22.2. The highest BCUT2D eigenvalue weighted by Gasteiger charge is 2.20. The molecule has 0 aliphatic rings. The van der Waals surface area contributed by atoms with Gasteiger partial charge >= 0.3 is 11.9 Å². The Labute approximate surface area is 267 Å². The van der Waals surface area contributed by atoms with E-state index in [9.17, 15) is 24.3 Å². The summed E-state index contributed by atoms with van der Waals surface area (Å²) < 4.78 is 16.2. The third-order valence-corrected chi connectivity index (χ3v) is 6.92. The summed E-state index contributed by atoms with van der Waals surface area (Å²) in [6, 6.07) is 26.6. The fourth-order valence-electron chi connectivity index (χ4n) is 4.45. The van der Waals surface area contributed by atoms with Crippen molar-refractivity contribution >= 4 is 29.4 Å². The number of hydrogen-bond donors (Lipinski definition) is 2. The maximum Gasteiger partial charge on any atom is 0.343 e. The second-order valence-electron chi connectivity index (χ2n) is 10.5. The number of unbranched alkanes of at least 4 members (excludes halogenated alkanes) is 1. The van der Waals surface area contributed by atoms with E-state index in [4.69, 9.17) is 14.2 Å². The molecule has 0 heterocycles. The van der Waals surface area contributed by atoms with Crippen molar-refractivity contribution in [3.05, 3.63) is 119 Å². The van der Waals surface area contributed by atoms with E-state index in [1.165, 1.54) is 17.0 Å². The predicted molar refractivity (Wildman–Crippen MR) is 172 cm³/mol. The summed E-state index contributed by atoms with van der Waals surface area (Å²) in [6.45, 7) is 2.19. The van der Waals surface area contributed by atoms with Crippen LogP contribution in [0.2, 0.25) is 0 Å². The molecule has 46 heavy (non-hydrogen) atoms. The summed E-state index contributed by atoms with van der Waals surface area (Å²) in [7, 11) is 1.57. The van der Waals surface area contributed by atoms with Crippen LogP contribution in [0.5, 0.6) is 17.2 Å². The van der Waals surface area contributed by atoms with Crippen molar-refractivity contribution in [3.63, 3.8) is 0 Å².